The second-order valence-electron chi connectivity index (χ2n) is 4.40. The number of anilines is 2. The highest BCUT2D eigenvalue weighted by Crippen LogP contribution is 2.38. The van der Waals surface area contributed by atoms with Crippen LogP contribution in [0.5, 0.6) is 11.5 Å². The molecule has 5 nitrogen and oxygen atoms in total. The first-order valence-corrected chi connectivity index (χ1v) is 6.79. The Morgan fingerprint density at radius 2 is 1.90 bits per heavy atom. The predicted molar refractivity (Wildman–Crippen MR) is 79.0 cm³/mol. The first-order chi connectivity index (χ1) is 10.0. The molecule has 21 heavy (non-hydrogen) atoms. The Morgan fingerprint density at radius 1 is 1.19 bits per heavy atom. The molecule has 0 unspecified atom stereocenters. The van der Waals surface area contributed by atoms with Gasteiger partial charge in [-0.3, -0.25) is 4.79 Å². The monoisotopic (exact) mass is 352 g/mol. The quantitative estimate of drug-likeness (QED) is 0.814. The Bertz CT molecular complexity index is 716. The average Bonchev–Trinajstić information content (AvgIpc) is 2.85. The number of hydrogen-bond donors (Lipinski definition) is 2. The fourth-order valence-corrected chi connectivity index (χ4v) is 2.41. The summed E-state index contributed by atoms with van der Waals surface area (Å²) in [6.45, 7) is 0.114. The van der Waals surface area contributed by atoms with Crippen molar-refractivity contribution >= 4 is 33.2 Å². The summed E-state index contributed by atoms with van der Waals surface area (Å²) in [5.74, 6) is 0.0490. The van der Waals surface area contributed by atoms with Crippen LogP contribution in [-0.4, -0.2) is 12.7 Å². The summed E-state index contributed by atoms with van der Waals surface area (Å²) >= 11 is 3.14. The van der Waals surface area contributed by atoms with Gasteiger partial charge in [0.05, 0.1) is 11.4 Å². The molecule has 0 radical (unpaired) electrons. The molecular weight excluding hydrogens is 343 g/mol. The van der Waals surface area contributed by atoms with Crippen molar-refractivity contribution in [2.24, 2.45) is 0 Å². The lowest BCUT2D eigenvalue weighted by Gasteiger charge is -2.09. The Hall–Kier alpha value is -2.28. The molecule has 3 N–H and O–H groups in total. The van der Waals surface area contributed by atoms with Crippen molar-refractivity contribution in [1.82, 2.24) is 0 Å². The summed E-state index contributed by atoms with van der Waals surface area (Å²) in [7, 11) is 0. The number of fused-ring (bicyclic) bond motifs is 1. The van der Waals surface area contributed by atoms with Crippen molar-refractivity contribution in [1.29, 1.82) is 0 Å². The highest BCUT2D eigenvalue weighted by molar-refractivity contribution is 9.10. The lowest BCUT2D eigenvalue weighted by molar-refractivity contribution is 0.102. The lowest BCUT2D eigenvalue weighted by Crippen LogP contribution is -2.13. The Morgan fingerprint density at radius 3 is 2.62 bits per heavy atom. The summed E-state index contributed by atoms with van der Waals surface area (Å²) < 4.78 is 24.2. The van der Waals surface area contributed by atoms with Gasteiger partial charge in [-0.15, -0.1) is 0 Å². The Labute approximate surface area is 128 Å². The topological polar surface area (TPSA) is 73.6 Å². The maximum atomic E-state index is 13.3. The molecule has 0 saturated heterocycles. The minimum absolute atomic E-state index is 0.114. The minimum Gasteiger partial charge on any atom is -0.454 e. The van der Waals surface area contributed by atoms with Crippen molar-refractivity contribution in [3.8, 4) is 11.5 Å². The number of nitrogens with two attached hydrogens (primary N) is 1. The molecule has 0 fully saturated rings. The SMILES string of the molecule is Nc1cc2c(cc1NC(=O)c1cc(F)cc(Br)c1)OCO2. The van der Waals surface area contributed by atoms with Crippen LogP contribution >= 0.6 is 15.9 Å². The van der Waals surface area contributed by atoms with Crippen LogP contribution in [0.15, 0.2) is 34.8 Å². The van der Waals surface area contributed by atoms with Crippen LogP contribution in [0.3, 0.4) is 0 Å². The molecule has 3 rings (SSSR count). The summed E-state index contributed by atoms with van der Waals surface area (Å²) in [6.07, 6.45) is 0. The number of carbonyl (C=O) groups excluding carboxylic acids is 1. The number of carbonyl (C=O) groups is 1. The van der Waals surface area contributed by atoms with E-state index in [-0.39, 0.29) is 12.4 Å². The zero-order chi connectivity index (χ0) is 15.0. The van der Waals surface area contributed by atoms with Crippen LogP contribution in [0, 0.1) is 5.82 Å². The third-order valence-electron chi connectivity index (χ3n) is 2.92. The van der Waals surface area contributed by atoms with E-state index in [1.54, 1.807) is 12.1 Å². The second-order valence-corrected chi connectivity index (χ2v) is 5.32. The normalized spacial score (nSPS) is 12.3. The van der Waals surface area contributed by atoms with Crippen molar-refractivity contribution in [3.63, 3.8) is 0 Å². The average molecular weight is 353 g/mol. The van der Waals surface area contributed by atoms with Gasteiger partial charge in [0, 0.05) is 22.2 Å². The Balaban J connectivity index is 1.88. The molecule has 0 aliphatic carbocycles. The Kier molecular flexibility index (Phi) is 3.42. The number of halogens is 2. The number of benzene rings is 2. The van der Waals surface area contributed by atoms with E-state index in [2.05, 4.69) is 21.2 Å². The molecule has 7 heteroatoms. The van der Waals surface area contributed by atoms with Crippen molar-refractivity contribution in [2.75, 3.05) is 17.8 Å². The summed E-state index contributed by atoms with van der Waals surface area (Å²) in [4.78, 5) is 12.1. The van der Waals surface area contributed by atoms with Gasteiger partial charge in [0.15, 0.2) is 11.5 Å². The number of nitrogen functional groups attached to an aromatic ring is 1. The van der Waals surface area contributed by atoms with E-state index < -0.39 is 11.7 Å². The van der Waals surface area contributed by atoms with E-state index in [4.69, 9.17) is 15.2 Å². The standard InChI is InChI=1S/C14H10BrFN2O3/c15-8-1-7(2-9(16)3-8)14(19)18-11-5-13-12(4-10(11)17)20-6-21-13/h1-5H,6,17H2,(H,18,19). The number of hydrogen-bond acceptors (Lipinski definition) is 4. The highest BCUT2D eigenvalue weighted by Gasteiger charge is 2.18. The van der Waals surface area contributed by atoms with Crippen LogP contribution in [0.4, 0.5) is 15.8 Å². The van der Waals surface area contributed by atoms with Crippen LogP contribution in [0.2, 0.25) is 0 Å². The third kappa shape index (κ3) is 2.78. The number of nitrogens with one attached hydrogen (secondary N) is 1. The summed E-state index contributed by atoms with van der Waals surface area (Å²) in [6, 6.07) is 7.07. The molecule has 2 aromatic carbocycles. The van der Waals surface area contributed by atoms with E-state index in [9.17, 15) is 9.18 Å². The molecular formula is C14H10BrFN2O3. The van der Waals surface area contributed by atoms with Gasteiger partial charge in [-0.2, -0.15) is 0 Å². The second kappa shape index (κ2) is 5.25. The number of ether oxygens (including phenoxy) is 2. The van der Waals surface area contributed by atoms with Gasteiger partial charge < -0.3 is 20.5 Å². The van der Waals surface area contributed by atoms with Crippen LogP contribution in [0.1, 0.15) is 10.4 Å². The van der Waals surface area contributed by atoms with E-state index >= 15 is 0 Å². The van der Waals surface area contributed by atoms with Gasteiger partial charge in [0.1, 0.15) is 5.82 Å². The van der Waals surface area contributed by atoms with E-state index in [0.717, 1.165) is 6.07 Å². The number of amides is 1. The van der Waals surface area contributed by atoms with Crippen molar-refractivity contribution in [2.45, 2.75) is 0 Å². The van der Waals surface area contributed by atoms with Crippen molar-refractivity contribution in [3.05, 3.63) is 46.2 Å². The van der Waals surface area contributed by atoms with Gasteiger partial charge in [0.25, 0.3) is 5.91 Å². The molecule has 0 bridgehead atoms. The lowest BCUT2D eigenvalue weighted by atomic mass is 10.2. The molecule has 1 amide bonds. The molecule has 108 valence electrons. The van der Waals surface area contributed by atoms with Gasteiger partial charge in [-0.25, -0.2) is 4.39 Å². The third-order valence-corrected chi connectivity index (χ3v) is 3.38. The van der Waals surface area contributed by atoms with Crippen LogP contribution < -0.4 is 20.5 Å². The van der Waals surface area contributed by atoms with Crippen molar-refractivity contribution < 1.29 is 18.7 Å². The molecule has 0 saturated carbocycles. The fraction of sp³-hybridized carbons (Fsp3) is 0.0714. The van der Waals surface area contributed by atoms with E-state index in [1.165, 1.54) is 12.1 Å². The van der Waals surface area contributed by atoms with Gasteiger partial charge in [-0.05, 0) is 18.2 Å². The van der Waals surface area contributed by atoms with E-state index in [0.29, 0.717) is 27.3 Å². The predicted octanol–water partition coefficient (Wildman–Crippen LogP) is 3.15. The first kappa shape index (κ1) is 13.7. The summed E-state index contributed by atoms with van der Waals surface area (Å²) in [5, 5.41) is 2.62. The zero-order valence-electron chi connectivity index (χ0n) is 10.7. The van der Waals surface area contributed by atoms with Gasteiger partial charge in [0.2, 0.25) is 6.79 Å². The minimum atomic E-state index is -0.506. The van der Waals surface area contributed by atoms with E-state index in [1.807, 2.05) is 0 Å². The largest absolute Gasteiger partial charge is 0.454 e. The maximum Gasteiger partial charge on any atom is 0.255 e. The molecule has 1 aliphatic heterocycles. The summed E-state index contributed by atoms with van der Waals surface area (Å²) in [5.41, 5.74) is 6.74. The molecule has 1 heterocycles. The first-order valence-electron chi connectivity index (χ1n) is 5.99. The van der Waals surface area contributed by atoms with Gasteiger partial charge >= 0.3 is 0 Å². The number of rotatable bonds is 2. The van der Waals surface area contributed by atoms with Crippen LogP contribution in [-0.2, 0) is 0 Å². The van der Waals surface area contributed by atoms with Crippen LogP contribution in [0.25, 0.3) is 0 Å². The fourth-order valence-electron chi connectivity index (χ4n) is 1.95. The maximum absolute atomic E-state index is 13.3. The molecule has 2 aromatic rings. The smallest absolute Gasteiger partial charge is 0.255 e. The molecule has 0 aromatic heterocycles. The van der Waals surface area contributed by atoms with Gasteiger partial charge in [-0.1, -0.05) is 15.9 Å². The molecule has 0 atom stereocenters. The molecule has 0 spiro atoms. The molecule has 1 aliphatic rings. The zero-order valence-corrected chi connectivity index (χ0v) is 12.2. The highest BCUT2D eigenvalue weighted by atomic mass is 79.9.